The van der Waals surface area contributed by atoms with Crippen molar-refractivity contribution in [2.24, 2.45) is 0 Å². The molecule has 2 heteroatoms. The Morgan fingerprint density at radius 1 is 1.08 bits per heavy atom. The zero-order chi connectivity index (χ0) is 9.83. The second kappa shape index (κ2) is 4.24. The van der Waals surface area contributed by atoms with E-state index in [4.69, 9.17) is 4.74 Å². The van der Waals surface area contributed by atoms with Crippen LogP contribution < -0.4 is 0 Å². The average Bonchev–Trinajstić information content (AvgIpc) is 2.02. The van der Waals surface area contributed by atoms with E-state index in [-0.39, 0.29) is 5.60 Å². The van der Waals surface area contributed by atoms with Gasteiger partial charge in [-0.15, -0.1) is 0 Å². The van der Waals surface area contributed by atoms with Gasteiger partial charge in [-0.1, -0.05) is 13.8 Å². The maximum Gasteiger partial charge on any atom is 0.124 e. The van der Waals surface area contributed by atoms with Crippen LogP contribution in [0.2, 0.25) is 0 Å². The molecule has 0 aromatic rings. The Bertz CT molecular complexity index is 112. The average molecular weight is 173 g/mol. The van der Waals surface area contributed by atoms with Crippen molar-refractivity contribution in [1.29, 1.82) is 0 Å². The molecule has 1 unspecified atom stereocenters. The Balaban J connectivity index is 3.82. The van der Waals surface area contributed by atoms with E-state index in [2.05, 4.69) is 6.92 Å². The lowest BCUT2D eigenvalue weighted by Crippen LogP contribution is -2.34. The van der Waals surface area contributed by atoms with Crippen molar-refractivity contribution < 1.29 is 9.84 Å². The third-order valence-corrected chi connectivity index (χ3v) is 2.37. The molecule has 0 N–H and O–H groups in total. The normalized spacial score (nSPS) is 17.5. The first kappa shape index (κ1) is 11.9. The fraction of sp³-hybridized carbons (Fsp3) is 1.00. The van der Waals surface area contributed by atoms with E-state index in [0.717, 1.165) is 6.42 Å². The Labute approximate surface area is 75.9 Å². The Morgan fingerprint density at radius 2 is 1.58 bits per heavy atom. The number of rotatable bonds is 5. The summed E-state index contributed by atoms with van der Waals surface area (Å²) < 4.78 is 5.52. The van der Waals surface area contributed by atoms with Gasteiger partial charge in [-0.25, -0.2) is 5.11 Å². The molecule has 0 rings (SSSR count). The molecule has 1 atom stereocenters. The summed E-state index contributed by atoms with van der Waals surface area (Å²) >= 11 is 0. The monoisotopic (exact) mass is 173 g/mol. The smallest absolute Gasteiger partial charge is 0.124 e. The zero-order valence-corrected chi connectivity index (χ0v) is 8.94. The molecule has 73 valence electrons. The summed E-state index contributed by atoms with van der Waals surface area (Å²) in [5, 5.41) is 11.5. The van der Waals surface area contributed by atoms with E-state index in [1.54, 1.807) is 6.92 Å². The molecule has 0 aliphatic heterocycles. The van der Waals surface area contributed by atoms with Gasteiger partial charge in [0.15, 0.2) is 0 Å². The molecular formula is C10H21O2. The van der Waals surface area contributed by atoms with Crippen LogP contribution in [-0.2, 0) is 9.84 Å². The van der Waals surface area contributed by atoms with Gasteiger partial charge >= 0.3 is 0 Å². The van der Waals surface area contributed by atoms with E-state index in [0.29, 0.717) is 13.0 Å². The molecule has 12 heavy (non-hydrogen) atoms. The SMILES string of the molecule is CCC(C)([O])COC(C)(C)CC. The largest absolute Gasteiger partial charge is 0.372 e. The van der Waals surface area contributed by atoms with Gasteiger partial charge in [0, 0.05) is 0 Å². The summed E-state index contributed by atoms with van der Waals surface area (Å²) in [6.45, 7) is 9.99. The minimum atomic E-state index is -0.924. The molecule has 0 bridgehead atoms. The van der Waals surface area contributed by atoms with E-state index in [9.17, 15) is 5.11 Å². The Hall–Kier alpha value is -0.0800. The summed E-state index contributed by atoms with van der Waals surface area (Å²) in [6.07, 6.45) is 1.56. The lowest BCUT2D eigenvalue weighted by atomic mass is 10.0. The van der Waals surface area contributed by atoms with Crippen molar-refractivity contribution in [2.75, 3.05) is 6.61 Å². The van der Waals surface area contributed by atoms with Crippen LogP contribution in [0.15, 0.2) is 0 Å². The van der Waals surface area contributed by atoms with Crippen LogP contribution in [-0.4, -0.2) is 17.8 Å². The van der Waals surface area contributed by atoms with Crippen LogP contribution in [0, 0.1) is 0 Å². The maximum atomic E-state index is 11.5. The lowest BCUT2D eigenvalue weighted by molar-refractivity contribution is -0.127. The molecule has 0 spiro atoms. The van der Waals surface area contributed by atoms with Crippen molar-refractivity contribution in [1.82, 2.24) is 0 Å². The number of ether oxygens (including phenoxy) is 1. The van der Waals surface area contributed by atoms with Crippen molar-refractivity contribution in [3.05, 3.63) is 0 Å². The summed E-state index contributed by atoms with van der Waals surface area (Å²) in [4.78, 5) is 0. The van der Waals surface area contributed by atoms with Crippen LogP contribution in [0.1, 0.15) is 47.5 Å². The molecule has 0 fully saturated rings. The number of hydrogen-bond acceptors (Lipinski definition) is 1. The molecule has 0 saturated heterocycles. The molecule has 0 saturated carbocycles. The van der Waals surface area contributed by atoms with Crippen LogP contribution in [0.4, 0.5) is 0 Å². The minimum absolute atomic E-state index is 0.152. The van der Waals surface area contributed by atoms with E-state index in [1.165, 1.54) is 0 Å². The zero-order valence-electron chi connectivity index (χ0n) is 8.94. The molecule has 0 aliphatic rings. The molecular weight excluding hydrogens is 152 g/mol. The van der Waals surface area contributed by atoms with Crippen molar-refractivity contribution in [3.63, 3.8) is 0 Å². The predicted molar refractivity (Wildman–Crippen MR) is 49.7 cm³/mol. The highest BCUT2D eigenvalue weighted by atomic mass is 16.5. The third-order valence-electron chi connectivity index (χ3n) is 2.37. The van der Waals surface area contributed by atoms with Gasteiger partial charge in [0.05, 0.1) is 12.2 Å². The first-order valence-electron chi connectivity index (χ1n) is 4.67. The highest BCUT2D eigenvalue weighted by Gasteiger charge is 2.25. The summed E-state index contributed by atoms with van der Waals surface area (Å²) in [5.41, 5.74) is -1.08. The van der Waals surface area contributed by atoms with Gasteiger partial charge in [-0.05, 0) is 33.6 Å². The first-order chi connectivity index (χ1) is 5.33. The fourth-order valence-corrected chi connectivity index (χ4v) is 0.552. The van der Waals surface area contributed by atoms with Gasteiger partial charge < -0.3 is 4.74 Å². The van der Waals surface area contributed by atoms with Gasteiger partial charge in [0.2, 0.25) is 0 Å². The van der Waals surface area contributed by atoms with Gasteiger partial charge in [0.25, 0.3) is 0 Å². The molecule has 2 nitrogen and oxygen atoms in total. The first-order valence-corrected chi connectivity index (χ1v) is 4.67. The third kappa shape index (κ3) is 4.73. The van der Waals surface area contributed by atoms with E-state index < -0.39 is 5.60 Å². The van der Waals surface area contributed by atoms with Crippen molar-refractivity contribution in [2.45, 2.75) is 58.7 Å². The summed E-state index contributed by atoms with van der Waals surface area (Å²) in [7, 11) is 0. The van der Waals surface area contributed by atoms with Crippen molar-refractivity contribution in [3.8, 4) is 0 Å². The maximum absolute atomic E-state index is 11.5. The standard InChI is InChI=1S/C10H21O2/c1-6-9(3,4)12-8-10(5,11)7-2/h6-8H2,1-5H3. The van der Waals surface area contributed by atoms with Crippen LogP contribution in [0.25, 0.3) is 0 Å². The van der Waals surface area contributed by atoms with Gasteiger partial charge in [-0.2, -0.15) is 0 Å². The topological polar surface area (TPSA) is 29.1 Å². The molecule has 0 aliphatic carbocycles. The second-order valence-corrected chi connectivity index (χ2v) is 4.21. The molecule has 0 aromatic carbocycles. The lowest BCUT2D eigenvalue weighted by Gasteiger charge is -2.28. The fourth-order valence-electron chi connectivity index (χ4n) is 0.552. The second-order valence-electron chi connectivity index (χ2n) is 4.21. The Kier molecular flexibility index (Phi) is 4.21. The van der Waals surface area contributed by atoms with Crippen LogP contribution >= 0.6 is 0 Å². The summed E-state index contributed by atoms with van der Waals surface area (Å²) in [6, 6.07) is 0. The predicted octanol–water partition coefficient (Wildman–Crippen LogP) is 2.79. The molecule has 0 amide bonds. The van der Waals surface area contributed by atoms with Crippen LogP contribution in [0.3, 0.4) is 0 Å². The Morgan fingerprint density at radius 3 is 1.92 bits per heavy atom. The number of hydrogen-bond donors (Lipinski definition) is 0. The molecule has 0 heterocycles. The van der Waals surface area contributed by atoms with Crippen LogP contribution in [0.5, 0.6) is 0 Å². The van der Waals surface area contributed by atoms with E-state index >= 15 is 0 Å². The quantitative estimate of drug-likeness (QED) is 0.628. The highest BCUT2D eigenvalue weighted by molar-refractivity contribution is 4.73. The van der Waals surface area contributed by atoms with E-state index in [1.807, 2.05) is 20.8 Å². The summed E-state index contributed by atoms with van der Waals surface area (Å²) in [5.74, 6) is 0. The van der Waals surface area contributed by atoms with Gasteiger partial charge in [-0.3, -0.25) is 0 Å². The minimum Gasteiger partial charge on any atom is -0.372 e. The van der Waals surface area contributed by atoms with Crippen molar-refractivity contribution >= 4 is 0 Å². The molecule has 0 aromatic heterocycles. The van der Waals surface area contributed by atoms with Gasteiger partial charge in [0.1, 0.15) is 5.60 Å². The molecule has 1 radical (unpaired) electrons. The highest BCUT2D eigenvalue weighted by Crippen LogP contribution is 2.18.